The molecule has 16 heavy (non-hydrogen) atoms. The van der Waals surface area contributed by atoms with E-state index in [-0.39, 0.29) is 6.54 Å². The van der Waals surface area contributed by atoms with Crippen molar-refractivity contribution in [2.75, 3.05) is 19.6 Å². The molecule has 0 saturated heterocycles. The first-order chi connectivity index (χ1) is 7.45. The first-order valence-corrected chi connectivity index (χ1v) is 6.80. The summed E-state index contributed by atoms with van der Waals surface area (Å²) in [6, 6.07) is 0. The van der Waals surface area contributed by atoms with Crippen LogP contribution in [0.15, 0.2) is 0 Å². The monoisotopic (exact) mass is 299 g/mol. The lowest BCUT2D eigenvalue weighted by Crippen LogP contribution is -2.39. The van der Waals surface area contributed by atoms with Crippen molar-refractivity contribution in [3.05, 3.63) is 0 Å². The smallest absolute Gasteiger partial charge is 0.301 e. The van der Waals surface area contributed by atoms with Gasteiger partial charge in [0.05, 0.1) is 0 Å². The van der Waals surface area contributed by atoms with E-state index in [9.17, 15) is 13.2 Å². The van der Waals surface area contributed by atoms with Crippen LogP contribution in [0.3, 0.4) is 0 Å². The molecule has 5 heteroatoms. The molecule has 2 saturated carbocycles. The molecule has 2 aliphatic carbocycles. The van der Waals surface area contributed by atoms with Crippen molar-refractivity contribution in [2.45, 2.75) is 36.7 Å². The Labute approximate surface area is 103 Å². The van der Waals surface area contributed by atoms with Crippen LogP contribution in [0.5, 0.6) is 0 Å². The van der Waals surface area contributed by atoms with Crippen LogP contribution < -0.4 is 0 Å². The molecule has 1 unspecified atom stereocenters. The third-order valence-corrected chi connectivity index (χ3v) is 4.01. The van der Waals surface area contributed by atoms with E-state index in [1.54, 1.807) is 0 Å². The van der Waals surface area contributed by atoms with Gasteiger partial charge in [-0.1, -0.05) is 15.9 Å². The maximum Gasteiger partial charge on any atom is 0.402 e. The zero-order valence-electron chi connectivity index (χ0n) is 9.14. The molecule has 1 atom stereocenters. The minimum absolute atomic E-state index is 0.108. The predicted molar refractivity (Wildman–Crippen MR) is 60.7 cm³/mol. The van der Waals surface area contributed by atoms with E-state index in [4.69, 9.17) is 0 Å². The van der Waals surface area contributed by atoms with E-state index in [0.717, 1.165) is 13.1 Å². The lowest BCUT2D eigenvalue weighted by Gasteiger charge is -2.26. The van der Waals surface area contributed by atoms with Crippen LogP contribution in [-0.4, -0.2) is 35.5 Å². The van der Waals surface area contributed by atoms with Crippen LogP contribution in [0.2, 0.25) is 0 Å². The molecular formula is C11H17BrF3N. The van der Waals surface area contributed by atoms with Crippen molar-refractivity contribution in [1.29, 1.82) is 0 Å². The van der Waals surface area contributed by atoms with Gasteiger partial charge >= 0.3 is 6.18 Å². The molecule has 0 aromatic carbocycles. The molecule has 0 spiro atoms. The summed E-state index contributed by atoms with van der Waals surface area (Å²) in [7, 11) is 0. The van der Waals surface area contributed by atoms with E-state index in [2.05, 4.69) is 15.9 Å². The number of hydrogen-bond donors (Lipinski definition) is 0. The van der Waals surface area contributed by atoms with Crippen molar-refractivity contribution in [3.8, 4) is 0 Å². The van der Waals surface area contributed by atoms with Gasteiger partial charge in [0.15, 0.2) is 0 Å². The summed E-state index contributed by atoms with van der Waals surface area (Å²) in [4.78, 5) is 0.625. The fourth-order valence-electron chi connectivity index (χ4n) is 1.88. The molecule has 2 rings (SSSR count). The molecule has 0 aromatic rings. The minimum Gasteiger partial charge on any atom is -0.301 e. The average Bonchev–Trinajstić information content (AvgIpc) is 2.97. The topological polar surface area (TPSA) is 3.24 Å². The second kappa shape index (κ2) is 4.84. The fraction of sp³-hybridized carbons (Fsp3) is 1.00. The highest BCUT2D eigenvalue weighted by atomic mass is 79.9. The normalized spacial score (nSPS) is 23.8. The van der Waals surface area contributed by atoms with Crippen molar-refractivity contribution in [3.63, 3.8) is 0 Å². The first kappa shape index (κ1) is 12.7. The van der Waals surface area contributed by atoms with Gasteiger partial charge in [0, 0.05) is 19.6 Å². The van der Waals surface area contributed by atoms with Crippen LogP contribution in [0.25, 0.3) is 0 Å². The molecule has 0 bridgehead atoms. The molecule has 0 aromatic heterocycles. The lowest BCUT2D eigenvalue weighted by atomic mass is 10.3. The number of nitrogens with zero attached hydrogens (tertiary/aromatic N) is 1. The van der Waals surface area contributed by atoms with Gasteiger partial charge in [-0.15, -0.1) is 0 Å². The summed E-state index contributed by atoms with van der Waals surface area (Å²) in [6.45, 7) is 1.82. The minimum atomic E-state index is -4.12. The van der Waals surface area contributed by atoms with E-state index < -0.39 is 11.0 Å². The quantitative estimate of drug-likeness (QED) is 0.679. The Morgan fingerprint density at radius 1 is 1.06 bits per heavy atom. The van der Waals surface area contributed by atoms with Crippen molar-refractivity contribution in [1.82, 2.24) is 4.90 Å². The molecule has 0 radical (unpaired) electrons. The Hall–Kier alpha value is 0.230. The highest BCUT2D eigenvalue weighted by Gasteiger charge is 2.40. The molecule has 2 aliphatic rings. The summed E-state index contributed by atoms with van der Waals surface area (Å²) in [5.41, 5.74) is 0. The molecule has 0 aliphatic heterocycles. The second-order valence-electron chi connectivity index (χ2n) is 5.11. The highest BCUT2D eigenvalue weighted by molar-refractivity contribution is 9.09. The maximum atomic E-state index is 12.4. The second-order valence-corrected chi connectivity index (χ2v) is 6.22. The van der Waals surface area contributed by atoms with Crippen LogP contribution >= 0.6 is 15.9 Å². The van der Waals surface area contributed by atoms with Crippen LogP contribution in [0.1, 0.15) is 25.7 Å². The molecule has 0 N–H and O–H groups in total. The number of rotatable bonds is 6. The molecule has 2 fully saturated rings. The zero-order chi connectivity index (χ0) is 11.8. The molecule has 94 valence electrons. The van der Waals surface area contributed by atoms with E-state index in [1.165, 1.54) is 25.7 Å². The molecule has 0 amide bonds. The Kier molecular flexibility index (Phi) is 3.84. The largest absolute Gasteiger partial charge is 0.402 e. The number of halogens is 4. The van der Waals surface area contributed by atoms with Crippen LogP contribution in [-0.2, 0) is 0 Å². The Bertz CT molecular complexity index is 222. The SMILES string of the molecule is FC(F)(F)C(Br)CN(CC1CC1)CC1CC1. The van der Waals surface area contributed by atoms with Gasteiger partial charge in [0.1, 0.15) is 4.83 Å². The van der Waals surface area contributed by atoms with Gasteiger partial charge in [0.25, 0.3) is 0 Å². The molecule has 1 nitrogen and oxygen atoms in total. The maximum absolute atomic E-state index is 12.4. The van der Waals surface area contributed by atoms with Crippen molar-refractivity contribution >= 4 is 15.9 Å². The third kappa shape index (κ3) is 4.24. The Morgan fingerprint density at radius 2 is 1.50 bits per heavy atom. The number of hydrogen-bond acceptors (Lipinski definition) is 1. The van der Waals surface area contributed by atoms with Gasteiger partial charge in [-0.25, -0.2) is 0 Å². The highest BCUT2D eigenvalue weighted by Crippen LogP contribution is 2.35. The average molecular weight is 300 g/mol. The summed E-state index contributed by atoms with van der Waals surface area (Å²) in [5, 5.41) is 0. The Morgan fingerprint density at radius 3 is 1.81 bits per heavy atom. The van der Waals surface area contributed by atoms with E-state index in [1.807, 2.05) is 4.90 Å². The van der Waals surface area contributed by atoms with Gasteiger partial charge in [-0.05, 0) is 37.5 Å². The van der Waals surface area contributed by atoms with E-state index >= 15 is 0 Å². The van der Waals surface area contributed by atoms with Gasteiger partial charge < -0.3 is 4.90 Å². The summed E-state index contributed by atoms with van der Waals surface area (Å²) in [6.07, 6.45) is 0.659. The van der Waals surface area contributed by atoms with Gasteiger partial charge in [-0.3, -0.25) is 0 Å². The molecule has 0 heterocycles. The first-order valence-electron chi connectivity index (χ1n) is 5.88. The standard InChI is InChI=1S/C11H17BrF3N/c12-10(11(13,14)15)7-16(5-8-1-2-8)6-9-3-4-9/h8-10H,1-7H2. The summed E-state index contributed by atoms with van der Waals surface area (Å²) in [5.74, 6) is 1.32. The summed E-state index contributed by atoms with van der Waals surface area (Å²) >= 11 is 2.75. The molecular weight excluding hydrogens is 283 g/mol. The Balaban J connectivity index is 1.79. The predicted octanol–water partition coefficient (Wildman–Crippen LogP) is 3.43. The van der Waals surface area contributed by atoms with Gasteiger partial charge in [0.2, 0.25) is 0 Å². The van der Waals surface area contributed by atoms with Crippen molar-refractivity contribution < 1.29 is 13.2 Å². The van der Waals surface area contributed by atoms with Crippen LogP contribution in [0, 0.1) is 11.8 Å². The van der Waals surface area contributed by atoms with Gasteiger partial charge in [-0.2, -0.15) is 13.2 Å². The zero-order valence-corrected chi connectivity index (χ0v) is 10.7. The summed E-state index contributed by atoms with van der Waals surface area (Å²) < 4.78 is 37.3. The lowest BCUT2D eigenvalue weighted by molar-refractivity contribution is -0.130. The van der Waals surface area contributed by atoms with E-state index in [0.29, 0.717) is 11.8 Å². The number of alkyl halides is 4. The van der Waals surface area contributed by atoms with Crippen molar-refractivity contribution in [2.24, 2.45) is 11.8 Å². The third-order valence-electron chi connectivity index (χ3n) is 3.20. The van der Waals surface area contributed by atoms with Crippen LogP contribution in [0.4, 0.5) is 13.2 Å². The fourth-order valence-corrected chi connectivity index (χ4v) is 2.29.